The number of primary amides is 1. The maximum atomic E-state index is 13.9. The lowest BCUT2D eigenvalue weighted by molar-refractivity contribution is -0.348. The molecule has 1 aromatic heterocycles. The number of ketones is 1. The monoisotopic (exact) mass is 536 g/mol. The van der Waals surface area contributed by atoms with Crippen LogP contribution in [0.2, 0.25) is 0 Å². The topological polar surface area (TPSA) is 145 Å². The lowest BCUT2D eigenvalue weighted by Crippen LogP contribution is -2.62. The molecule has 2 aromatic rings. The number of hydrogen-bond acceptors (Lipinski definition) is 6. The van der Waals surface area contributed by atoms with Crippen LogP contribution in [0.3, 0.4) is 0 Å². The minimum Gasteiger partial charge on any atom is -0.480 e. The van der Waals surface area contributed by atoms with Crippen LogP contribution >= 0.6 is 0 Å². The highest BCUT2D eigenvalue weighted by atomic mass is 19.4. The molecular formula is C25H27F3N4O6. The van der Waals surface area contributed by atoms with Crippen LogP contribution in [-0.4, -0.2) is 67.4 Å². The van der Waals surface area contributed by atoms with Gasteiger partial charge in [-0.2, -0.15) is 5.10 Å². The second-order valence-electron chi connectivity index (χ2n) is 10.5. The molecule has 1 aromatic carbocycles. The number of amides is 2. The standard InChI is InChI=1S/C25H27F3N4O6/c1-13(33)20-16-6-2-3-7-17(16)31(30-20)12-19(34)32-18(21(35)36)9-14-10-24(14,32)23(22(29)37)8-4-5-15(11-23)38-25(26,27)28/h2-3,6-7,14-15,18H,4-5,8-12H2,1H3,(H2,29,37)(H,35,36)/t14-,15?,18-,23?,24-/m0/s1. The number of piperidine rings is 1. The molecule has 0 spiro atoms. The molecule has 1 saturated heterocycles. The smallest absolute Gasteiger partial charge is 0.480 e. The molecule has 0 bridgehead atoms. The summed E-state index contributed by atoms with van der Waals surface area (Å²) in [5, 5.41) is 14.8. The first-order valence-electron chi connectivity index (χ1n) is 12.4. The lowest BCUT2D eigenvalue weighted by Gasteiger charge is -2.48. The number of alkyl halides is 3. The number of halogens is 3. The van der Waals surface area contributed by atoms with Gasteiger partial charge in [-0.3, -0.25) is 23.8 Å². The maximum absolute atomic E-state index is 13.9. The zero-order chi connectivity index (χ0) is 27.6. The number of nitrogens with two attached hydrogens (primary N) is 1. The number of benzene rings is 1. The predicted molar refractivity (Wildman–Crippen MR) is 124 cm³/mol. The van der Waals surface area contributed by atoms with Gasteiger partial charge in [0.05, 0.1) is 22.6 Å². The van der Waals surface area contributed by atoms with Crippen molar-refractivity contribution in [1.29, 1.82) is 0 Å². The molecule has 3 fully saturated rings. The number of carboxylic acids is 1. The first-order valence-corrected chi connectivity index (χ1v) is 12.4. The summed E-state index contributed by atoms with van der Waals surface area (Å²) in [4.78, 5) is 52.4. The van der Waals surface area contributed by atoms with E-state index in [4.69, 9.17) is 5.73 Å². The van der Waals surface area contributed by atoms with Gasteiger partial charge in [0, 0.05) is 12.3 Å². The Morgan fingerprint density at radius 3 is 2.55 bits per heavy atom. The van der Waals surface area contributed by atoms with E-state index in [0.29, 0.717) is 10.9 Å². The number of aromatic nitrogens is 2. The molecule has 2 amide bonds. The van der Waals surface area contributed by atoms with Crippen molar-refractivity contribution in [3.8, 4) is 0 Å². The zero-order valence-electron chi connectivity index (χ0n) is 20.5. The Morgan fingerprint density at radius 1 is 1.21 bits per heavy atom. The van der Waals surface area contributed by atoms with Crippen molar-refractivity contribution in [3.05, 3.63) is 30.0 Å². The van der Waals surface area contributed by atoms with E-state index >= 15 is 0 Å². The van der Waals surface area contributed by atoms with E-state index in [1.807, 2.05) is 0 Å². The van der Waals surface area contributed by atoms with E-state index in [2.05, 4.69) is 9.84 Å². The first kappa shape index (κ1) is 26.1. The van der Waals surface area contributed by atoms with Crippen molar-refractivity contribution in [2.45, 2.75) is 76.0 Å². The fraction of sp³-hybridized carbons (Fsp3) is 0.560. The van der Waals surface area contributed by atoms with E-state index in [-0.39, 0.29) is 50.0 Å². The number of aliphatic carboxylic acids is 1. The third-order valence-corrected chi connectivity index (χ3v) is 8.46. The van der Waals surface area contributed by atoms with E-state index in [1.165, 1.54) is 11.6 Å². The number of carbonyl (C=O) groups is 4. The Labute approximate surface area is 214 Å². The molecule has 2 heterocycles. The SMILES string of the molecule is CC(=O)c1nn(CC(=O)N2[C@H](C(=O)O)C[C@H]3C[C@@]32C2(C(N)=O)CCCC(OC(F)(F)F)C2)c2ccccc12. The highest BCUT2D eigenvalue weighted by molar-refractivity contribution is 6.05. The number of nitrogens with zero attached hydrogens (tertiary/aromatic N) is 3. The highest BCUT2D eigenvalue weighted by Crippen LogP contribution is 2.69. The molecule has 0 radical (unpaired) electrons. The van der Waals surface area contributed by atoms with Crippen LogP contribution in [0.4, 0.5) is 13.2 Å². The van der Waals surface area contributed by atoms with E-state index in [1.54, 1.807) is 24.3 Å². The molecule has 5 rings (SSSR count). The number of likely N-dealkylation sites (tertiary alicyclic amines) is 1. The largest absolute Gasteiger partial charge is 0.522 e. The summed E-state index contributed by atoms with van der Waals surface area (Å²) in [5.74, 6) is -3.55. The van der Waals surface area contributed by atoms with Gasteiger partial charge in [-0.05, 0) is 50.5 Å². The normalized spacial score (nSPS) is 30.7. The van der Waals surface area contributed by atoms with Crippen molar-refractivity contribution in [3.63, 3.8) is 0 Å². The minimum atomic E-state index is -4.92. The number of fused-ring (bicyclic) bond motifs is 2. The van der Waals surface area contributed by atoms with Crippen LogP contribution in [0.15, 0.2) is 24.3 Å². The summed E-state index contributed by atoms with van der Waals surface area (Å²) in [5.41, 5.74) is 3.57. The number of para-hydroxylation sites is 1. The van der Waals surface area contributed by atoms with E-state index in [0.717, 1.165) is 4.90 Å². The summed E-state index contributed by atoms with van der Waals surface area (Å²) in [7, 11) is 0. The third kappa shape index (κ3) is 3.94. The summed E-state index contributed by atoms with van der Waals surface area (Å²) < 4.78 is 44.8. The van der Waals surface area contributed by atoms with Crippen LogP contribution in [0.5, 0.6) is 0 Å². The van der Waals surface area contributed by atoms with Gasteiger partial charge in [-0.25, -0.2) is 4.79 Å². The minimum absolute atomic E-state index is 0.0543. The van der Waals surface area contributed by atoms with Gasteiger partial charge >= 0.3 is 12.3 Å². The fourth-order valence-corrected chi connectivity index (χ4v) is 7.02. The summed E-state index contributed by atoms with van der Waals surface area (Å²) in [6.07, 6.45) is -5.96. The number of ether oxygens (including phenoxy) is 1. The number of carboxylic acid groups (broad SMARTS) is 1. The van der Waals surface area contributed by atoms with Gasteiger partial charge in [0.25, 0.3) is 0 Å². The average Bonchev–Trinajstić information content (AvgIpc) is 3.27. The first-order chi connectivity index (χ1) is 17.8. The van der Waals surface area contributed by atoms with Crippen LogP contribution in [0.25, 0.3) is 10.9 Å². The van der Waals surface area contributed by atoms with Gasteiger partial charge < -0.3 is 15.7 Å². The maximum Gasteiger partial charge on any atom is 0.522 e. The fourth-order valence-electron chi connectivity index (χ4n) is 7.02. The van der Waals surface area contributed by atoms with Crippen molar-refractivity contribution in [2.24, 2.45) is 17.1 Å². The zero-order valence-corrected chi connectivity index (χ0v) is 20.5. The van der Waals surface area contributed by atoms with Crippen LogP contribution in [0, 0.1) is 11.3 Å². The van der Waals surface area contributed by atoms with Gasteiger partial charge in [-0.15, -0.1) is 13.2 Å². The Kier molecular flexibility index (Phi) is 6.04. The Balaban J connectivity index is 1.54. The molecule has 204 valence electrons. The van der Waals surface area contributed by atoms with Crippen molar-refractivity contribution in [1.82, 2.24) is 14.7 Å². The van der Waals surface area contributed by atoms with Crippen LogP contribution in [0.1, 0.15) is 55.9 Å². The Bertz CT molecular complexity index is 1340. The second-order valence-corrected chi connectivity index (χ2v) is 10.5. The molecular weight excluding hydrogens is 509 g/mol. The Morgan fingerprint density at radius 2 is 1.92 bits per heavy atom. The number of hydrogen-bond donors (Lipinski definition) is 2. The third-order valence-electron chi connectivity index (χ3n) is 8.46. The molecule has 5 atom stereocenters. The number of carbonyl (C=O) groups excluding carboxylic acids is 3. The van der Waals surface area contributed by atoms with E-state index < -0.39 is 59.7 Å². The van der Waals surface area contributed by atoms with Gasteiger partial charge in [0.2, 0.25) is 11.8 Å². The molecule has 2 aliphatic carbocycles. The van der Waals surface area contributed by atoms with Gasteiger partial charge in [-0.1, -0.05) is 18.2 Å². The van der Waals surface area contributed by atoms with E-state index in [9.17, 15) is 37.5 Å². The highest BCUT2D eigenvalue weighted by Gasteiger charge is 2.78. The number of rotatable bonds is 7. The van der Waals surface area contributed by atoms with Crippen molar-refractivity contribution >= 4 is 34.5 Å². The molecule has 1 aliphatic heterocycles. The Hall–Kier alpha value is -3.48. The lowest BCUT2D eigenvalue weighted by atomic mass is 9.64. The summed E-state index contributed by atoms with van der Waals surface area (Å²) in [6, 6.07) is 5.48. The number of Topliss-reactive ketones (excluding diaryl/α,β-unsaturated/α-hetero) is 1. The molecule has 2 saturated carbocycles. The van der Waals surface area contributed by atoms with Gasteiger partial charge in [0.15, 0.2) is 5.78 Å². The predicted octanol–water partition coefficient (Wildman–Crippen LogP) is 2.63. The molecule has 10 nitrogen and oxygen atoms in total. The summed E-state index contributed by atoms with van der Waals surface area (Å²) >= 11 is 0. The second kappa shape index (κ2) is 8.79. The van der Waals surface area contributed by atoms with Crippen molar-refractivity contribution in [2.75, 3.05) is 0 Å². The van der Waals surface area contributed by atoms with Gasteiger partial charge in [0.1, 0.15) is 18.3 Å². The summed E-state index contributed by atoms with van der Waals surface area (Å²) in [6.45, 7) is 0.911. The molecule has 13 heteroatoms. The van der Waals surface area contributed by atoms with Crippen molar-refractivity contribution < 1.29 is 42.2 Å². The molecule has 2 unspecified atom stereocenters. The molecule has 38 heavy (non-hydrogen) atoms. The average molecular weight is 537 g/mol. The van der Waals surface area contributed by atoms with Crippen LogP contribution in [-0.2, 0) is 25.7 Å². The molecule has 3 aliphatic rings. The molecule has 3 N–H and O–H groups in total. The van der Waals surface area contributed by atoms with Crippen LogP contribution < -0.4 is 5.73 Å². The quantitative estimate of drug-likeness (QED) is 0.518.